The van der Waals surface area contributed by atoms with Gasteiger partial charge in [0.15, 0.2) is 0 Å². The molecule has 1 fully saturated rings. The molecule has 1 aliphatic rings. The molecule has 0 spiro atoms. The van der Waals surface area contributed by atoms with Gasteiger partial charge >= 0.3 is 0 Å². The lowest BCUT2D eigenvalue weighted by Crippen LogP contribution is -2.63. The molecule has 2 unspecified atom stereocenters. The molecule has 1 aromatic rings. The van der Waals surface area contributed by atoms with Crippen LogP contribution >= 0.6 is 11.6 Å². The van der Waals surface area contributed by atoms with Crippen molar-refractivity contribution >= 4 is 29.1 Å². The van der Waals surface area contributed by atoms with Gasteiger partial charge in [0.05, 0.1) is 10.7 Å². The SMILES string of the molecule is CCCC1NC(=O)C(CC)N(c2ccccc2Cl)C1=O. The highest BCUT2D eigenvalue weighted by atomic mass is 35.5. The van der Waals surface area contributed by atoms with Gasteiger partial charge in [-0.1, -0.05) is 44.0 Å². The van der Waals surface area contributed by atoms with E-state index in [0.29, 0.717) is 23.6 Å². The molecule has 4 nitrogen and oxygen atoms in total. The number of carbonyl (C=O) groups excluding carboxylic acids is 2. The summed E-state index contributed by atoms with van der Waals surface area (Å²) < 4.78 is 0. The summed E-state index contributed by atoms with van der Waals surface area (Å²) in [5, 5.41) is 3.30. The van der Waals surface area contributed by atoms with Crippen LogP contribution < -0.4 is 10.2 Å². The molecule has 0 aromatic heterocycles. The van der Waals surface area contributed by atoms with Crippen molar-refractivity contribution in [1.82, 2.24) is 5.32 Å². The molecule has 0 saturated carbocycles. The summed E-state index contributed by atoms with van der Waals surface area (Å²) in [4.78, 5) is 26.4. The van der Waals surface area contributed by atoms with E-state index in [-0.39, 0.29) is 11.8 Å². The van der Waals surface area contributed by atoms with Gasteiger partial charge in [-0.3, -0.25) is 14.5 Å². The van der Waals surface area contributed by atoms with Crippen molar-refractivity contribution in [3.8, 4) is 0 Å². The lowest BCUT2D eigenvalue weighted by atomic mass is 10.0. The summed E-state index contributed by atoms with van der Waals surface area (Å²) >= 11 is 6.19. The Hall–Kier alpha value is -1.55. The van der Waals surface area contributed by atoms with Crippen molar-refractivity contribution < 1.29 is 9.59 Å². The molecule has 5 heteroatoms. The van der Waals surface area contributed by atoms with Gasteiger partial charge in [0.2, 0.25) is 11.8 Å². The number of para-hydroxylation sites is 1. The molecular formula is C15H19ClN2O2. The van der Waals surface area contributed by atoms with Crippen molar-refractivity contribution in [2.75, 3.05) is 4.90 Å². The second-order valence-corrected chi connectivity index (χ2v) is 5.34. The van der Waals surface area contributed by atoms with Crippen molar-refractivity contribution in [1.29, 1.82) is 0 Å². The first-order valence-corrected chi connectivity index (χ1v) is 7.35. The Bertz CT molecular complexity index is 518. The zero-order valence-corrected chi connectivity index (χ0v) is 12.5. The van der Waals surface area contributed by atoms with E-state index in [0.717, 1.165) is 6.42 Å². The molecule has 1 aliphatic heterocycles. The highest BCUT2D eigenvalue weighted by Gasteiger charge is 2.40. The van der Waals surface area contributed by atoms with Gasteiger partial charge in [-0.25, -0.2) is 0 Å². The van der Waals surface area contributed by atoms with Gasteiger partial charge in [-0.05, 0) is 25.0 Å². The van der Waals surface area contributed by atoms with E-state index >= 15 is 0 Å². The van der Waals surface area contributed by atoms with Gasteiger partial charge in [0.25, 0.3) is 0 Å². The number of hydrogen-bond donors (Lipinski definition) is 1. The smallest absolute Gasteiger partial charge is 0.250 e. The fourth-order valence-corrected chi connectivity index (χ4v) is 2.78. The van der Waals surface area contributed by atoms with Crippen LogP contribution in [0, 0.1) is 0 Å². The lowest BCUT2D eigenvalue weighted by molar-refractivity contribution is -0.134. The standard InChI is InChI=1S/C15H19ClN2O2/c1-3-7-11-15(20)18(12(4-2)14(19)17-11)13-9-6-5-8-10(13)16/h5-6,8-9,11-12H,3-4,7H2,1-2H3,(H,17,19). The van der Waals surface area contributed by atoms with Crippen LogP contribution in [-0.2, 0) is 9.59 Å². The number of nitrogens with one attached hydrogen (secondary N) is 1. The maximum atomic E-state index is 12.6. The number of nitrogens with zero attached hydrogens (tertiary/aromatic N) is 1. The summed E-state index contributed by atoms with van der Waals surface area (Å²) in [6.07, 6.45) is 2.04. The fourth-order valence-electron chi connectivity index (χ4n) is 2.55. The number of hydrogen-bond acceptors (Lipinski definition) is 2. The van der Waals surface area contributed by atoms with Crippen LogP contribution in [0.4, 0.5) is 5.69 Å². The third kappa shape index (κ3) is 2.66. The first kappa shape index (κ1) is 14.9. The molecule has 1 N–H and O–H groups in total. The van der Waals surface area contributed by atoms with E-state index in [1.54, 1.807) is 17.0 Å². The van der Waals surface area contributed by atoms with Gasteiger partial charge in [-0.2, -0.15) is 0 Å². The molecule has 0 bridgehead atoms. The van der Waals surface area contributed by atoms with E-state index in [1.165, 1.54) is 0 Å². The highest BCUT2D eigenvalue weighted by molar-refractivity contribution is 6.34. The normalized spacial score (nSPS) is 22.9. The van der Waals surface area contributed by atoms with E-state index in [1.807, 2.05) is 26.0 Å². The quantitative estimate of drug-likeness (QED) is 0.928. The predicted octanol–water partition coefficient (Wildman–Crippen LogP) is 2.75. The zero-order chi connectivity index (χ0) is 14.7. The van der Waals surface area contributed by atoms with Gasteiger partial charge in [0.1, 0.15) is 12.1 Å². The average molecular weight is 295 g/mol. The molecule has 2 amide bonds. The van der Waals surface area contributed by atoms with E-state index in [9.17, 15) is 9.59 Å². The minimum atomic E-state index is -0.490. The van der Waals surface area contributed by atoms with Crippen LogP contribution in [0.2, 0.25) is 5.02 Å². The Morgan fingerprint density at radius 2 is 1.95 bits per heavy atom. The van der Waals surface area contributed by atoms with Crippen LogP contribution in [0.5, 0.6) is 0 Å². The Labute approximate surface area is 124 Å². The molecular weight excluding hydrogens is 276 g/mol. The summed E-state index contributed by atoms with van der Waals surface area (Å²) in [6.45, 7) is 3.88. The van der Waals surface area contributed by atoms with Gasteiger partial charge in [-0.15, -0.1) is 0 Å². The number of benzene rings is 1. The molecule has 2 rings (SSSR count). The second kappa shape index (κ2) is 6.27. The van der Waals surface area contributed by atoms with Crippen LogP contribution in [0.3, 0.4) is 0 Å². The van der Waals surface area contributed by atoms with E-state index in [4.69, 9.17) is 11.6 Å². The number of halogens is 1. The minimum absolute atomic E-state index is 0.0774. The lowest BCUT2D eigenvalue weighted by Gasteiger charge is -2.39. The summed E-state index contributed by atoms with van der Waals surface area (Å²) in [7, 11) is 0. The van der Waals surface area contributed by atoms with Crippen molar-refractivity contribution in [2.24, 2.45) is 0 Å². The number of rotatable bonds is 4. The minimum Gasteiger partial charge on any atom is -0.342 e. The van der Waals surface area contributed by atoms with Crippen LogP contribution in [0.1, 0.15) is 33.1 Å². The summed E-state index contributed by atoms with van der Waals surface area (Å²) in [5.41, 5.74) is 0.613. The van der Waals surface area contributed by atoms with Crippen molar-refractivity contribution in [3.05, 3.63) is 29.3 Å². The number of carbonyl (C=O) groups is 2. The first-order valence-electron chi connectivity index (χ1n) is 6.98. The number of amides is 2. The largest absolute Gasteiger partial charge is 0.342 e. The summed E-state index contributed by atoms with van der Waals surface area (Å²) in [5.74, 6) is -0.183. The molecule has 20 heavy (non-hydrogen) atoms. The number of anilines is 1. The maximum absolute atomic E-state index is 12.6. The molecule has 2 atom stereocenters. The molecule has 108 valence electrons. The number of piperazine rings is 1. The monoisotopic (exact) mass is 294 g/mol. The Morgan fingerprint density at radius 1 is 1.25 bits per heavy atom. The molecule has 1 heterocycles. The van der Waals surface area contributed by atoms with E-state index < -0.39 is 12.1 Å². The average Bonchev–Trinajstić information content (AvgIpc) is 2.43. The zero-order valence-electron chi connectivity index (χ0n) is 11.7. The Kier molecular flexibility index (Phi) is 4.65. The van der Waals surface area contributed by atoms with Crippen LogP contribution in [0.15, 0.2) is 24.3 Å². The maximum Gasteiger partial charge on any atom is 0.250 e. The van der Waals surface area contributed by atoms with E-state index in [2.05, 4.69) is 5.32 Å². The van der Waals surface area contributed by atoms with Crippen molar-refractivity contribution in [2.45, 2.75) is 45.2 Å². The van der Waals surface area contributed by atoms with Crippen molar-refractivity contribution in [3.63, 3.8) is 0 Å². The third-order valence-electron chi connectivity index (χ3n) is 3.54. The predicted molar refractivity (Wildman–Crippen MR) is 79.9 cm³/mol. The van der Waals surface area contributed by atoms with Gasteiger partial charge in [0, 0.05) is 0 Å². The first-order chi connectivity index (χ1) is 9.60. The molecule has 1 saturated heterocycles. The third-order valence-corrected chi connectivity index (χ3v) is 3.86. The molecule has 0 radical (unpaired) electrons. The topological polar surface area (TPSA) is 49.4 Å². The van der Waals surface area contributed by atoms with Crippen LogP contribution in [0.25, 0.3) is 0 Å². The Balaban J connectivity index is 2.41. The van der Waals surface area contributed by atoms with Gasteiger partial charge < -0.3 is 5.32 Å². The highest BCUT2D eigenvalue weighted by Crippen LogP contribution is 2.30. The van der Waals surface area contributed by atoms with Crippen LogP contribution in [-0.4, -0.2) is 23.9 Å². The molecule has 1 aromatic carbocycles. The second-order valence-electron chi connectivity index (χ2n) is 4.93. The summed E-state index contributed by atoms with van der Waals surface area (Å²) in [6, 6.07) is 6.21. The Morgan fingerprint density at radius 3 is 2.55 bits per heavy atom. The fraction of sp³-hybridized carbons (Fsp3) is 0.467. The molecule has 0 aliphatic carbocycles.